The average Bonchev–Trinajstić information content (AvgIpc) is 2.11. The van der Waals surface area contributed by atoms with E-state index in [2.05, 4.69) is 21.2 Å². The van der Waals surface area contributed by atoms with Gasteiger partial charge in [0, 0.05) is 18.3 Å². The van der Waals surface area contributed by atoms with E-state index < -0.39 is 24.9 Å². The minimum atomic E-state index is -4.25. The molecule has 0 aliphatic carbocycles. The van der Waals surface area contributed by atoms with Gasteiger partial charge in [0.05, 0.1) is 6.42 Å². The van der Waals surface area contributed by atoms with E-state index in [0.29, 0.717) is 6.54 Å². The molecule has 6 heteroatoms. The lowest BCUT2D eigenvalue weighted by Crippen LogP contribution is -2.29. The number of hydrogen-bond acceptors (Lipinski definition) is 1. The van der Waals surface area contributed by atoms with Gasteiger partial charge in [0.1, 0.15) is 0 Å². The third kappa shape index (κ3) is 10.0. The molecule has 0 aliphatic rings. The highest BCUT2D eigenvalue weighted by Crippen LogP contribution is 2.20. The zero-order chi connectivity index (χ0) is 11.9. The summed E-state index contributed by atoms with van der Waals surface area (Å²) in [5, 5.41) is 3.31. The molecule has 1 amide bonds. The zero-order valence-corrected chi connectivity index (χ0v) is 10.1. The number of alkyl halides is 4. The Morgan fingerprint density at radius 3 is 2.53 bits per heavy atom. The standard InChI is InChI=1S/C9H15BrF3NO/c1-7(3-5-10)6-14-8(15)2-4-9(11,12)13/h7H,2-6H2,1H3,(H,14,15). The lowest BCUT2D eigenvalue weighted by molar-refractivity contribution is -0.144. The first-order valence-electron chi connectivity index (χ1n) is 4.74. The predicted molar refractivity (Wildman–Crippen MR) is 55.9 cm³/mol. The second-order valence-electron chi connectivity index (χ2n) is 3.50. The van der Waals surface area contributed by atoms with Gasteiger partial charge in [0.2, 0.25) is 5.91 Å². The Kier molecular flexibility index (Phi) is 6.96. The first-order chi connectivity index (χ1) is 6.85. The molecule has 1 atom stereocenters. The van der Waals surface area contributed by atoms with Crippen molar-refractivity contribution in [2.75, 3.05) is 11.9 Å². The third-order valence-corrected chi connectivity index (χ3v) is 2.34. The van der Waals surface area contributed by atoms with E-state index in [0.717, 1.165) is 11.8 Å². The van der Waals surface area contributed by atoms with E-state index in [-0.39, 0.29) is 5.92 Å². The Balaban J connectivity index is 3.58. The van der Waals surface area contributed by atoms with E-state index in [1.807, 2.05) is 6.92 Å². The van der Waals surface area contributed by atoms with Crippen LogP contribution in [0.4, 0.5) is 13.2 Å². The molecule has 15 heavy (non-hydrogen) atoms. The van der Waals surface area contributed by atoms with Gasteiger partial charge < -0.3 is 5.32 Å². The minimum absolute atomic E-state index is 0.277. The van der Waals surface area contributed by atoms with Gasteiger partial charge in [-0.3, -0.25) is 4.79 Å². The smallest absolute Gasteiger partial charge is 0.356 e. The normalized spacial score (nSPS) is 13.7. The molecule has 0 bridgehead atoms. The first-order valence-corrected chi connectivity index (χ1v) is 5.86. The van der Waals surface area contributed by atoms with Crippen molar-refractivity contribution in [3.63, 3.8) is 0 Å². The monoisotopic (exact) mass is 289 g/mol. The molecule has 0 fully saturated rings. The lowest BCUT2D eigenvalue weighted by atomic mass is 10.1. The van der Waals surface area contributed by atoms with Crippen LogP contribution >= 0.6 is 15.9 Å². The largest absolute Gasteiger partial charge is 0.389 e. The highest BCUT2D eigenvalue weighted by molar-refractivity contribution is 9.09. The summed E-state index contributed by atoms with van der Waals surface area (Å²) in [4.78, 5) is 11.0. The van der Waals surface area contributed by atoms with Gasteiger partial charge in [0.15, 0.2) is 0 Å². The quantitative estimate of drug-likeness (QED) is 0.749. The minimum Gasteiger partial charge on any atom is -0.356 e. The fourth-order valence-electron chi connectivity index (χ4n) is 0.920. The van der Waals surface area contributed by atoms with Crippen molar-refractivity contribution in [1.82, 2.24) is 5.32 Å². The summed E-state index contributed by atoms with van der Waals surface area (Å²) in [7, 11) is 0. The molecule has 0 aromatic carbocycles. The Morgan fingerprint density at radius 1 is 1.47 bits per heavy atom. The second-order valence-corrected chi connectivity index (χ2v) is 4.30. The number of hydrogen-bond donors (Lipinski definition) is 1. The van der Waals surface area contributed by atoms with E-state index in [9.17, 15) is 18.0 Å². The molecular weight excluding hydrogens is 275 g/mol. The maximum atomic E-state index is 11.7. The van der Waals surface area contributed by atoms with Gasteiger partial charge in [-0.25, -0.2) is 0 Å². The molecular formula is C9H15BrF3NO. The van der Waals surface area contributed by atoms with Crippen LogP contribution in [0.15, 0.2) is 0 Å². The number of carbonyl (C=O) groups excluding carboxylic acids is 1. The van der Waals surface area contributed by atoms with Crippen molar-refractivity contribution in [3.8, 4) is 0 Å². The highest BCUT2D eigenvalue weighted by Gasteiger charge is 2.27. The summed E-state index contributed by atoms with van der Waals surface area (Å²) < 4.78 is 35.2. The molecule has 0 aliphatic heterocycles. The Labute approximate surface area is 95.7 Å². The summed E-state index contributed by atoms with van der Waals surface area (Å²) in [5.41, 5.74) is 0. The van der Waals surface area contributed by atoms with Gasteiger partial charge >= 0.3 is 6.18 Å². The Bertz CT molecular complexity index is 196. The Morgan fingerprint density at radius 2 is 2.07 bits per heavy atom. The average molecular weight is 290 g/mol. The van der Waals surface area contributed by atoms with Crippen molar-refractivity contribution in [2.24, 2.45) is 5.92 Å². The van der Waals surface area contributed by atoms with Crippen molar-refractivity contribution in [3.05, 3.63) is 0 Å². The first kappa shape index (κ1) is 14.7. The highest BCUT2D eigenvalue weighted by atomic mass is 79.9. The molecule has 90 valence electrons. The van der Waals surface area contributed by atoms with Crippen LogP contribution in [0.5, 0.6) is 0 Å². The van der Waals surface area contributed by atoms with E-state index in [1.165, 1.54) is 0 Å². The summed E-state index contributed by atoms with van der Waals surface area (Å²) in [6.07, 6.45) is -4.89. The molecule has 2 nitrogen and oxygen atoms in total. The van der Waals surface area contributed by atoms with Crippen molar-refractivity contribution >= 4 is 21.8 Å². The van der Waals surface area contributed by atoms with Gasteiger partial charge in [-0.15, -0.1) is 0 Å². The van der Waals surface area contributed by atoms with E-state index >= 15 is 0 Å². The van der Waals surface area contributed by atoms with Crippen LogP contribution in [0.3, 0.4) is 0 Å². The van der Waals surface area contributed by atoms with Crippen LogP contribution < -0.4 is 5.32 Å². The fraction of sp³-hybridized carbons (Fsp3) is 0.889. The van der Waals surface area contributed by atoms with Crippen LogP contribution in [0.25, 0.3) is 0 Å². The summed E-state index contributed by atoms with van der Waals surface area (Å²) in [6, 6.07) is 0. The molecule has 1 N–H and O–H groups in total. The van der Waals surface area contributed by atoms with Crippen molar-refractivity contribution in [2.45, 2.75) is 32.4 Å². The van der Waals surface area contributed by atoms with Crippen LogP contribution in [0, 0.1) is 5.92 Å². The van der Waals surface area contributed by atoms with Crippen LogP contribution in [0.2, 0.25) is 0 Å². The summed E-state index contributed by atoms with van der Waals surface area (Å²) >= 11 is 3.25. The molecule has 1 unspecified atom stereocenters. The van der Waals surface area contributed by atoms with Gasteiger partial charge in [-0.2, -0.15) is 13.2 Å². The molecule has 0 aromatic heterocycles. The topological polar surface area (TPSA) is 29.1 Å². The van der Waals surface area contributed by atoms with Crippen LogP contribution in [0.1, 0.15) is 26.2 Å². The maximum Gasteiger partial charge on any atom is 0.389 e. The third-order valence-electron chi connectivity index (χ3n) is 1.89. The van der Waals surface area contributed by atoms with Crippen LogP contribution in [-0.2, 0) is 4.79 Å². The van der Waals surface area contributed by atoms with Gasteiger partial charge in [-0.1, -0.05) is 22.9 Å². The van der Waals surface area contributed by atoms with Gasteiger partial charge in [-0.05, 0) is 12.3 Å². The molecule has 0 rings (SSSR count). The SMILES string of the molecule is CC(CCBr)CNC(=O)CCC(F)(F)F. The molecule has 0 aromatic rings. The molecule has 0 saturated heterocycles. The number of carbonyl (C=O) groups is 1. The molecule has 0 radical (unpaired) electrons. The predicted octanol–water partition coefficient (Wildman–Crippen LogP) is 2.87. The fourth-order valence-corrected chi connectivity index (χ4v) is 1.70. The molecule has 0 saturated carbocycles. The number of nitrogens with one attached hydrogen (secondary N) is 1. The zero-order valence-electron chi connectivity index (χ0n) is 8.53. The molecule has 0 heterocycles. The van der Waals surface area contributed by atoms with E-state index in [1.54, 1.807) is 0 Å². The maximum absolute atomic E-state index is 11.7. The number of halogens is 4. The van der Waals surface area contributed by atoms with Crippen molar-refractivity contribution in [1.29, 1.82) is 0 Å². The van der Waals surface area contributed by atoms with Crippen molar-refractivity contribution < 1.29 is 18.0 Å². The van der Waals surface area contributed by atoms with Gasteiger partial charge in [0.25, 0.3) is 0 Å². The number of amides is 1. The van der Waals surface area contributed by atoms with E-state index in [4.69, 9.17) is 0 Å². The van der Waals surface area contributed by atoms with Crippen LogP contribution in [-0.4, -0.2) is 24.0 Å². The number of rotatable bonds is 6. The Hall–Kier alpha value is -0.260. The molecule has 0 spiro atoms. The summed E-state index contributed by atoms with van der Waals surface area (Å²) in [5.74, 6) is -0.257. The second kappa shape index (κ2) is 7.09. The lowest BCUT2D eigenvalue weighted by Gasteiger charge is -2.11. The summed E-state index contributed by atoms with van der Waals surface area (Å²) in [6.45, 7) is 2.37.